The second-order valence-electron chi connectivity index (χ2n) is 9.23. The molecular formula is C27H40N3O2Si+. The van der Waals surface area contributed by atoms with Crippen molar-refractivity contribution < 1.29 is 14.5 Å². The predicted molar refractivity (Wildman–Crippen MR) is 143 cm³/mol. The highest BCUT2D eigenvalue weighted by Crippen LogP contribution is 2.42. The first-order chi connectivity index (χ1) is 15.8. The maximum absolute atomic E-state index is 11.4. The molecule has 33 heavy (non-hydrogen) atoms. The summed E-state index contributed by atoms with van der Waals surface area (Å²) in [6.45, 7) is 17.3. The minimum atomic E-state index is -2.28. The number of carboxylic acid groups (broad SMARTS) is 1. The summed E-state index contributed by atoms with van der Waals surface area (Å²) in [5.74, 6) is -0.711. The maximum Gasteiger partial charge on any atom is 0.303 e. The lowest BCUT2D eigenvalue weighted by molar-refractivity contribution is -0.519. The van der Waals surface area contributed by atoms with Gasteiger partial charge in [-0.2, -0.15) is 0 Å². The highest BCUT2D eigenvalue weighted by molar-refractivity contribution is 7.03. The van der Waals surface area contributed by atoms with Gasteiger partial charge in [0.15, 0.2) is 5.71 Å². The average Bonchev–Trinajstić information content (AvgIpc) is 2.80. The second-order valence-corrected chi connectivity index (χ2v) is 13.9. The molecule has 0 saturated carbocycles. The van der Waals surface area contributed by atoms with Crippen LogP contribution >= 0.6 is 0 Å². The number of benzene rings is 1. The number of aliphatic imine (C=N–C) groups is 1. The number of fused-ring (bicyclic) bond motifs is 2. The molecule has 0 radical (unpaired) electrons. The largest absolute Gasteiger partial charge is 0.481 e. The Kier molecular flexibility index (Phi) is 8.11. The van der Waals surface area contributed by atoms with Crippen molar-refractivity contribution in [2.75, 3.05) is 31.1 Å². The van der Waals surface area contributed by atoms with Crippen molar-refractivity contribution in [3.8, 4) is 0 Å². The SMILES string of the molecule is CCN(CC)c1ccc2c(c1)[Si](CCCC(=O)O)(C(C)C)C1=CC(=[N+](CC)CC)C=CC1=N2. The summed E-state index contributed by atoms with van der Waals surface area (Å²) < 4.78 is 2.39. The summed E-state index contributed by atoms with van der Waals surface area (Å²) in [6, 6.07) is 7.69. The van der Waals surface area contributed by atoms with Crippen LogP contribution in [-0.2, 0) is 4.79 Å². The molecule has 5 nitrogen and oxygen atoms in total. The number of hydrogen-bond acceptors (Lipinski definition) is 3. The van der Waals surface area contributed by atoms with Gasteiger partial charge in [-0.25, -0.2) is 9.57 Å². The zero-order chi connectivity index (χ0) is 24.2. The molecule has 0 saturated heterocycles. The summed E-state index contributed by atoms with van der Waals surface area (Å²) >= 11 is 0. The maximum atomic E-state index is 11.4. The van der Waals surface area contributed by atoms with Crippen molar-refractivity contribution >= 4 is 42.0 Å². The third-order valence-electron chi connectivity index (χ3n) is 7.37. The molecule has 1 atom stereocenters. The zero-order valence-corrected chi connectivity index (χ0v) is 22.2. The molecule has 1 aromatic rings. The van der Waals surface area contributed by atoms with Crippen molar-refractivity contribution in [1.82, 2.24) is 0 Å². The van der Waals surface area contributed by atoms with Gasteiger partial charge in [0, 0.05) is 37.3 Å². The van der Waals surface area contributed by atoms with E-state index in [9.17, 15) is 9.90 Å². The zero-order valence-electron chi connectivity index (χ0n) is 21.2. The van der Waals surface area contributed by atoms with Gasteiger partial charge in [0.05, 0.1) is 11.4 Å². The van der Waals surface area contributed by atoms with Crippen LogP contribution in [0.4, 0.5) is 11.4 Å². The van der Waals surface area contributed by atoms with E-state index in [2.05, 4.69) is 87.4 Å². The topological polar surface area (TPSA) is 55.9 Å². The van der Waals surface area contributed by atoms with E-state index in [-0.39, 0.29) is 6.42 Å². The van der Waals surface area contributed by atoms with E-state index in [1.807, 2.05) is 0 Å². The predicted octanol–water partition coefficient (Wildman–Crippen LogP) is 5.08. The first kappa shape index (κ1) is 25.2. The lowest BCUT2D eigenvalue weighted by Crippen LogP contribution is -2.57. The van der Waals surface area contributed by atoms with Gasteiger partial charge in [0.1, 0.15) is 21.2 Å². The quantitative estimate of drug-likeness (QED) is 0.297. The monoisotopic (exact) mass is 466 g/mol. The third-order valence-corrected chi connectivity index (χ3v) is 13.2. The van der Waals surface area contributed by atoms with Crippen molar-refractivity contribution in [2.24, 2.45) is 4.99 Å². The fraction of sp³-hybridized carbons (Fsp3) is 0.519. The van der Waals surface area contributed by atoms with Gasteiger partial charge < -0.3 is 10.0 Å². The summed E-state index contributed by atoms with van der Waals surface area (Å²) in [4.78, 5) is 18.9. The van der Waals surface area contributed by atoms with Crippen molar-refractivity contribution in [1.29, 1.82) is 0 Å². The van der Waals surface area contributed by atoms with Crippen LogP contribution in [0.15, 0.2) is 46.6 Å². The molecule has 0 fully saturated rings. The number of carbonyl (C=O) groups is 1. The molecule has 0 aromatic heterocycles. The van der Waals surface area contributed by atoms with Crippen molar-refractivity contribution in [3.05, 3.63) is 41.6 Å². The van der Waals surface area contributed by atoms with E-state index in [1.165, 1.54) is 21.8 Å². The minimum absolute atomic E-state index is 0.217. The van der Waals surface area contributed by atoms with Crippen LogP contribution < -0.4 is 10.1 Å². The highest BCUT2D eigenvalue weighted by atomic mass is 28.3. The van der Waals surface area contributed by atoms with E-state index in [1.54, 1.807) is 0 Å². The minimum Gasteiger partial charge on any atom is -0.481 e. The Hall–Kier alpha value is -2.47. The number of hydrogen-bond donors (Lipinski definition) is 1. The smallest absolute Gasteiger partial charge is 0.303 e. The third kappa shape index (κ3) is 4.76. The molecule has 1 N–H and O–H groups in total. The summed E-state index contributed by atoms with van der Waals surface area (Å²) in [5.41, 5.74) is 5.06. The van der Waals surface area contributed by atoms with Gasteiger partial charge in [-0.1, -0.05) is 13.8 Å². The Morgan fingerprint density at radius 1 is 1.12 bits per heavy atom. The van der Waals surface area contributed by atoms with E-state index in [0.29, 0.717) is 12.0 Å². The highest BCUT2D eigenvalue weighted by Gasteiger charge is 2.48. The van der Waals surface area contributed by atoms with Crippen LogP contribution in [0.2, 0.25) is 11.6 Å². The van der Waals surface area contributed by atoms with Crippen LogP contribution in [0.25, 0.3) is 0 Å². The molecule has 1 aliphatic heterocycles. The molecule has 178 valence electrons. The Balaban J connectivity index is 2.28. The summed E-state index contributed by atoms with van der Waals surface area (Å²) in [5, 5.41) is 12.1. The van der Waals surface area contributed by atoms with Crippen LogP contribution in [0.1, 0.15) is 54.4 Å². The summed E-state index contributed by atoms with van der Waals surface area (Å²) in [6.07, 6.45) is 7.68. The number of rotatable bonds is 10. The normalized spacial score (nSPS) is 19.1. The first-order valence-electron chi connectivity index (χ1n) is 12.5. The molecular weight excluding hydrogens is 426 g/mol. The molecule has 1 unspecified atom stereocenters. The summed E-state index contributed by atoms with van der Waals surface area (Å²) in [7, 11) is -2.28. The molecule has 0 spiro atoms. The van der Waals surface area contributed by atoms with Crippen LogP contribution in [-0.4, -0.2) is 61.3 Å². The molecule has 0 bridgehead atoms. The van der Waals surface area contributed by atoms with Gasteiger partial charge in [-0.3, -0.25) is 4.79 Å². The first-order valence-corrected chi connectivity index (χ1v) is 14.8. The van der Waals surface area contributed by atoms with Crippen LogP contribution in [0.3, 0.4) is 0 Å². The van der Waals surface area contributed by atoms with Crippen molar-refractivity contribution in [2.45, 2.75) is 66.0 Å². The van der Waals surface area contributed by atoms with E-state index in [0.717, 1.165) is 43.6 Å². The number of aliphatic carboxylic acids is 1. The fourth-order valence-electron chi connectivity index (χ4n) is 5.50. The standard InChI is InChI=1S/C27H39N3O2Si/c1-7-29(8-2)21-13-15-23-25(18-21)33(20(5)6,17-11-12-27(31)32)26-19-22(30(9-3)10-4)14-16-24(26)28-23/h13-16,18-20H,7-12,17H2,1-6H3/p+1. The molecule has 2 aliphatic rings. The average molecular weight is 467 g/mol. The molecule has 6 heteroatoms. The number of allylic oxidation sites excluding steroid dienone is 4. The van der Waals surface area contributed by atoms with E-state index in [4.69, 9.17) is 4.99 Å². The van der Waals surface area contributed by atoms with Crippen molar-refractivity contribution in [3.63, 3.8) is 0 Å². The Morgan fingerprint density at radius 3 is 2.39 bits per heavy atom. The van der Waals surface area contributed by atoms with E-state index >= 15 is 0 Å². The van der Waals surface area contributed by atoms with Gasteiger partial charge in [0.25, 0.3) is 0 Å². The second kappa shape index (κ2) is 10.6. The van der Waals surface area contributed by atoms with Gasteiger partial charge in [0.2, 0.25) is 0 Å². The lowest BCUT2D eigenvalue weighted by Gasteiger charge is -2.43. The van der Waals surface area contributed by atoms with Crippen LogP contribution in [0.5, 0.6) is 0 Å². The lowest BCUT2D eigenvalue weighted by atomic mass is 10.1. The number of nitrogens with zero attached hydrogens (tertiary/aromatic N) is 3. The van der Waals surface area contributed by atoms with E-state index < -0.39 is 14.0 Å². The Bertz CT molecular complexity index is 1010. The number of anilines is 1. The number of carboxylic acids is 1. The fourth-order valence-corrected chi connectivity index (χ4v) is 10.9. The van der Waals surface area contributed by atoms with Crippen LogP contribution in [0, 0.1) is 0 Å². The molecule has 3 rings (SSSR count). The molecule has 0 amide bonds. The molecule has 1 aliphatic carbocycles. The van der Waals surface area contributed by atoms with Gasteiger partial charge >= 0.3 is 5.97 Å². The Morgan fingerprint density at radius 2 is 1.82 bits per heavy atom. The Labute approximate surface area is 200 Å². The van der Waals surface area contributed by atoms with Gasteiger partial charge in [-0.05, 0) is 80.4 Å². The molecule has 1 heterocycles. The van der Waals surface area contributed by atoms with Gasteiger partial charge in [-0.15, -0.1) is 0 Å². The molecule has 1 aromatic carbocycles.